The van der Waals surface area contributed by atoms with Crippen LogP contribution in [0.3, 0.4) is 0 Å². The number of anilines is 2. The van der Waals surface area contributed by atoms with E-state index in [9.17, 15) is 5.11 Å². The molecule has 35 heavy (non-hydrogen) atoms. The highest BCUT2D eigenvalue weighted by Crippen LogP contribution is 2.36. The molecule has 9 nitrogen and oxygen atoms in total. The summed E-state index contributed by atoms with van der Waals surface area (Å²) in [6, 6.07) is 10.6. The lowest BCUT2D eigenvalue weighted by Crippen LogP contribution is -2.47. The molecule has 3 saturated heterocycles. The van der Waals surface area contributed by atoms with Gasteiger partial charge in [-0.15, -0.1) is 0 Å². The lowest BCUT2D eigenvalue weighted by Gasteiger charge is -2.37. The van der Waals surface area contributed by atoms with Crippen molar-refractivity contribution in [1.29, 1.82) is 0 Å². The number of pyridine rings is 1. The quantitative estimate of drug-likeness (QED) is 0.595. The van der Waals surface area contributed by atoms with E-state index in [1.54, 1.807) is 7.11 Å². The second-order valence-electron chi connectivity index (χ2n) is 9.55. The van der Waals surface area contributed by atoms with Crippen molar-refractivity contribution in [2.45, 2.75) is 44.5 Å². The van der Waals surface area contributed by atoms with Crippen LogP contribution >= 0.6 is 0 Å². The van der Waals surface area contributed by atoms with E-state index in [0.717, 1.165) is 53.4 Å². The predicted octanol–water partition coefficient (Wildman–Crippen LogP) is 2.79. The van der Waals surface area contributed by atoms with E-state index in [1.165, 1.54) is 0 Å². The van der Waals surface area contributed by atoms with E-state index in [0.29, 0.717) is 49.9 Å². The molecular formula is C26H31N5O4. The minimum atomic E-state index is -0.101. The molecule has 3 aliphatic heterocycles. The van der Waals surface area contributed by atoms with Crippen molar-refractivity contribution in [2.75, 3.05) is 49.9 Å². The van der Waals surface area contributed by atoms with Crippen LogP contribution in [0.2, 0.25) is 0 Å². The molecule has 0 saturated carbocycles. The molecule has 6 rings (SSSR count). The number of hydrogen-bond donors (Lipinski definition) is 1. The van der Waals surface area contributed by atoms with Crippen molar-refractivity contribution in [1.82, 2.24) is 15.0 Å². The number of aromatic nitrogens is 3. The SMILES string of the molecule is COc1ccc(-c2ccc3c(N4CCOCC4C)nc(N4C5CCC4COC5)nc3n2)cc1CO. The number of nitrogens with zero attached hydrogens (tertiary/aromatic N) is 5. The first-order valence-electron chi connectivity index (χ1n) is 12.3. The number of ether oxygens (including phenoxy) is 3. The Hall–Kier alpha value is -3.01. The third-order valence-corrected chi connectivity index (χ3v) is 7.39. The Morgan fingerprint density at radius 1 is 1.03 bits per heavy atom. The van der Waals surface area contributed by atoms with Crippen molar-refractivity contribution in [3.63, 3.8) is 0 Å². The van der Waals surface area contributed by atoms with Gasteiger partial charge in [-0.05, 0) is 50.1 Å². The van der Waals surface area contributed by atoms with Gasteiger partial charge in [0.05, 0.1) is 69.3 Å². The zero-order chi connectivity index (χ0) is 23.9. The molecule has 9 heteroatoms. The van der Waals surface area contributed by atoms with E-state index < -0.39 is 0 Å². The summed E-state index contributed by atoms with van der Waals surface area (Å²) in [6.45, 7) is 5.62. The van der Waals surface area contributed by atoms with Crippen LogP contribution in [0, 0.1) is 0 Å². The molecule has 1 N–H and O–H groups in total. The van der Waals surface area contributed by atoms with E-state index in [2.05, 4.69) is 22.8 Å². The average Bonchev–Trinajstić information content (AvgIpc) is 3.15. The monoisotopic (exact) mass is 477 g/mol. The summed E-state index contributed by atoms with van der Waals surface area (Å²) in [7, 11) is 1.60. The third-order valence-electron chi connectivity index (χ3n) is 7.39. The van der Waals surface area contributed by atoms with Crippen LogP contribution < -0.4 is 14.5 Å². The molecule has 184 valence electrons. The summed E-state index contributed by atoms with van der Waals surface area (Å²) in [5, 5.41) is 10.7. The fourth-order valence-electron chi connectivity index (χ4n) is 5.54. The summed E-state index contributed by atoms with van der Waals surface area (Å²) in [5.41, 5.74) is 3.10. The average molecular weight is 478 g/mol. The van der Waals surface area contributed by atoms with Gasteiger partial charge < -0.3 is 29.1 Å². The van der Waals surface area contributed by atoms with Gasteiger partial charge in [0.1, 0.15) is 11.6 Å². The fraction of sp³-hybridized carbons (Fsp3) is 0.500. The van der Waals surface area contributed by atoms with Crippen molar-refractivity contribution in [3.8, 4) is 17.0 Å². The van der Waals surface area contributed by atoms with Crippen LogP contribution in [0.15, 0.2) is 30.3 Å². The molecule has 1 aromatic carbocycles. The Labute approximate surface area is 204 Å². The van der Waals surface area contributed by atoms with Crippen LogP contribution in [-0.4, -0.2) is 78.3 Å². The zero-order valence-electron chi connectivity index (χ0n) is 20.2. The Kier molecular flexibility index (Phi) is 5.91. The highest BCUT2D eigenvalue weighted by molar-refractivity contribution is 5.90. The second kappa shape index (κ2) is 9.22. The van der Waals surface area contributed by atoms with E-state index in [4.69, 9.17) is 29.2 Å². The lowest BCUT2D eigenvalue weighted by atomic mass is 10.1. The maximum atomic E-state index is 9.78. The Morgan fingerprint density at radius 3 is 2.60 bits per heavy atom. The Balaban J connectivity index is 1.49. The van der Waals surface area contributed by atoms with Crippen LogP contribution in [0.4, 0.5) is 11.8 Å². The van der Waals surface area contributed by atoms with Gasteiger partial charge in [-0.1, -0.05) is 0 Å². The number of rotatable bonds is 5. The standard InChI is InChI=1S/C26H31N5O4/c1-16-13-34-10-9-30(16)25-21-6-7-22(17-3-8-23(33-2)18(11-17)12-32)27-24(21)28-26(29-25)31-19-4-5-20(31)15-35-14-19/h3,6-8,11,16,19-20,32H,4-5,9-10,12-15H2,1-2H3. The number of benzene rings is 1. The van der Waals surface area contributed by atoms with Crippen molar-refractivity contribution >= 4 is 22.8 Å². The molecule has 3 atom stereocenters. The first-order valence-corrected chi connectivity index (χ1v) is 12.3. The Bertz CT molecular complexity index is 1220. The van der Waals surface area contributed by atoms with Gasteiger partial charge in [-0.2, -0.15) is 9.97 Å². The molecular weight excluding hydrogens is 446 g/mol. The minimum Gasteiger partial charge on any atom is -0.496 e. The minimum absolute atomic E-state index is 0.101. The third kappa shape index (κ3) is 3.97. The van der Waals surface area contributed by atoms with Crippen molar-refractivity contribution in [3.05, 3.63) is 35.9 Å². The normalized spacial score (nSPS) is 24.3. The molecule has 0 radical (unpaired) electrons. The number of hydrogen-bond acceptors (Lipinski definition) is 9. The number of aliphatic hydroxyl groups is 1. The molecule has 0 amide bonds. The maximum absolute atomic E-state index is 9.78. The van der Waals surface area contributed by atoms with Crippen molar-refractivity contribution in [2.24, 2.45) is 0 Å². The van der Waals surface area contributed by atoms with E-state index in [1.807, 2.05) is 24.3 Å². The maximum Gasteiger partial charge on any atom is 0.230 e. The largest absolute Gasteiger partial charge is 0.496 e. The van der Waals surface area contributed by atoms with Gasteiger partial charge in [0, 0.05) is 17.7 Å². The highest BCUT2D eigenvalue weighted by Gasteiger charge is 2.39. The number of morpholine rings is 2. The van der Waals surface area contributed by atoms with Crippen molar-refractivity contribution < 1.29 is 19.3 Å². The van der Waals surface area contributed by atoms with Crippen LogP contribution in [0.1, 0.15) is 25.3 Å². The summed E-state index contributed by atoms with van der Waals surface area (Å²) in [6.07, 6.45) is 2.19. The van der Waals surface area contributed by atoms with Crippen LogP contribution in [-0.2, 0) is 16.1 Å². The topological polar surface area (TPSA) is 93.1 Å². The van der Waals surface area contributed by atoms with Gasteiger partial charge in [0.25, 0.3) is 0 Å². The summed E-state index contributed by atoms with van der Waals surface area (Å²) in [5.74, 6) is 2.31. The lowest BCUT2D eigenvalue weighted by molar-refractivity contribution is 0.0896. The molecule has 3 fully saturated rings. The molecule has 0 spiro atoms. The summed E-state index contributed by atoms with van der Waals surface area (Å²) in [4.78, 5) is 19.8. The summed E-state index contributed by atoms with van der Waals surface area (Å²) < 4.78 is 16.9. The highest BCUT2D eigenvalue weighted by atomic mass is 16.5. The summed E-state index contributed by atoms with van der Waals surface area (Å²) >= 11 is 0. The fourth-order valence-corrected chi connectivity index (χ4v) is 5.54. The molecule has 3 aromatic rings. The molecule has 3 aliphatic rings. The van der Waals surface area contributed by atoms with Gasteiger partial charge in [-0.3, -0.25) is 0 Å². The van der Waals surface area contributed by atoms with E-state index >= 15 is 0 Å². The Morgan fingerprint density at radius 2 is 1.86 bits per heavy atom. The second-order valence-corrected chi connectivity index (χ2v) is 9.55. The number of methoxy groups -OCH3 is 1. The first kappa shape index (κ1) is 22.5. The molecule has 2 bridgehead atoms. The number of aliphatic hydroxyl groups excluding tert-OH is 1. The zero-order valence-corrected chi connectivity index (χ0v) is 20.2. The molecule has 0 aliphatic carbocycles. The van der Waals surface area contributed by atoms with E-state index in [-0.39, 0.29) is 12.6 Å². The van der Waals surface area contributed by atoms with Gasteiger partial charge in [0.15, 0.2) is 5.65 Å². The smallest absolute Gasteiger partial charge is 0.230 e. The predicted molar refractivity (Wildman–Crippen MR) is 133 cm³/mol. The first-order chi connectivity index (χ1) is 17.2. The molecule has 2 aromatic heterocycles. The van der Waals surface area contributed by atoms with Crippen LogP contribution in [0.25, 0.3) is 22.3 Å². The molecule has 3 unspecified atom stereocenters. The van der Waals surface area contributed by atoms with Gasteiger partial charge >= 0.3 is 0 Å². The van der Waals surface area contributed by atoms with Gasteiger partial charge in [-0.25, -0.2) is 4.98 Å². The number of fused-ring (bicyclic) bond motifs is 3. The molecule has 5 heterocycles. The van der Waals surface area contributed by atoms with Crippen LogP contribution in [0.5, 0.6) is 5.75 Å². The van der Waals surface area contributed by atoms with Gasteiger partial charge in [0.2, 0.25) is 5.95 Å².